The average Bonchev–Trinajstić information content (AvgIpc) is 3.32. The summed E-state index contributed by atoms with van der Waals surface area (Å²) in [6.45, 7) is 4.70. The molecule has 1 aliphatic heterocycles. The van der Waals surface area contributed by atoms with Crippen LogP contribution >= 0.6 is 0 Å². The molecule has 0 saturated carbocycles. The third-order valence-electron chi connectivity index (χ3n) is 4.63. The molecular weight excluding hydrogens is 358 g/mol. The summed E-state index contributed by atoms with van der Waals surface area (Å²) >= 11 is 0. The van der Waals surface area contributed by atoms with Crippen LogP contribution in [-0.4, -0.2) is 47.5 Å². The van der Waals surface area contributed by atoms with Crippen LogP contribution < -0.4 is 5.32 Å². The SMILES string of the molecule is Cc1nn(-c2ccccc2)c(C)c1/C=C/C(=O)OCC(=O)NC[C@@H]1CCCO1. The third-order valence-corrected chi connectivity index (χ3v) is 4.63. The summed E-state index contributed by atoms with van der Waals surface area (Å²) in [5.74, 6) is -0.903. The van der Waals surface area contributed by atoms with Gasteiger partial charge in [-0.25, -0.2) is 9.48 Å². The number of nitrogens with zero attached hydrogens (tertiary/aromatic N) is 2. The molecule has 7 heteroatoms. The van der Waals surface area contributed by atoms with Crippen molar-refractivity contribution in [2.75, 3.05) is 19.8 Å². The second-order valence-electron chi connectivity index (χ2n) is 6.71. The van der Waals surface area contributed by atoms with Crippen molar-refractivity contribution >= 4 is 18.0 Å². The van der Waals surface area contributed by atoms with Gasteiger partial charge in [-0.1, -0.05) is 18.2 Å². The number of rotatable bonds is 7. The molecule has 0 unspecified atom stereocenters. The molecule has 1 N–H and O–H groups in total. The lowest BCUT2D eigenvalue weighted by atomic mass is 10.2. The largest absolute Gasteiger partial charge is 0.452 e. The molecule has 0 spiro atoms. The first-order chi connectivity index (χ1) is 13.5. The Kier molecular flexibility index (Phi) is 6.60. The van der Waals surface area contributed by atoms with Gasteiger partial charge in [-0.3, -0.25) is 4.79 Å². The summed E-state index contributed by atoms with van der Waals surface area (Å²) in [5.41, 5.74) is 3.53. The Balaban J connectivity index is 1.52. The van der Waals surface area contributed by atoms with Gasteiger partial charge >= 0.3 is 5.97 Å². The highest BCUT2D eigenvalue weighted by Crippen LogP contribution is 2.19. The standard InChI is InChI=1S/C21H25N3O4/c1-15-19(16(2)24(23-15)17-7-4-3-5-8-17)10-11-21(26)28-14-20(25)22-13-18-9-6-12-27-18/h3-5,7-8,10-11,18H,6,9,12-14H2,1-2H3,(H,22,25)/b11-10+/t18-/m0/s1. The number of hydrogen-bond donors (Lipinski definition) is 1. The molecule has 7 nitrogen and oxygen atoms in total. The Morgan fingerprint density at radius 3 is 2.82 bits per heavy atom. The molecule has 2 aromatic rings. The van der Waals surface area contributed by atoms with Gasteiger partial charge in [0, 0.05) is 30.5 Å². The van der Waals surface area contributed by atoms with Crippen LogP contribution in [0.4, 0.5) is 0 Å². The van der Waals surface area contributed by atoms with Gasteiger partial charge in [-0.05, 0) is 44.9 Å². The lowest BCUT2D eigenvalue weighted by molar-refractivity contribution is -0.143. The van der Waals surface area contributed by atoms with E-state index in [1.165, 1.54) is 6.08 Å². The van der Waals surface area contributed by atoms with Crippen molar-refractivity contribution in [2.45, 2.75) is 32.8 Å². The quantitative estimate of drug-likeness (QED) is 0.586. The number of carbonyl (C=O) groups excluding carboxylic acids is 2. The number of carbonyl (C=O) groups is 2. The third kappa shape index (κ3) is 5.07. The fourth-order valence-corrected chi connectivity index (χ4v) is 3.14. The minimum absolute atomic E-state index is 0.0617. The molecule has 1 fully saturated rings. The van der Waals surface area contributed by atoms with Gasteiger partial charge in [-0.2, -0.15) is 5.10 Å². The Labute approximate surface area is 164 Å². The zero-order valence-corrected chi connectivity index (χ0v) is 16.2. The van der Waals surface area contributed by atoms with Gasteiger partial charge in [0.05, 0.1) is 17.5 Å². The van der Waals surface area contributed by atoms with E-state index in [0.717, 1.165) is 42.1 Å². The summed E-state index contributed by atoms with van der Waals surface area (Å²) in [7, 11) is 0. The van der Waals surface area contributed by atoms with Crippen molar-refractivity contribution in [3.8, 4) is 5.69 Å². The molecule has 0 bridgehead atoms. The van der Waals surface area contributed by atoms with Gasteiger partial charge in [-0.15, -0.1) is 0 Å². The van der Waals surface area contributed by atoms with E-state index in [9.17, 15) is 9.59 Å². The van der Waals surface area contributed by atoms with Crippen molar-refractivity contribution < 1.29 is 19.1 Å². The molecule has 1 atom stereocenters. The summed E-state index contributed by atoms with van der Waals surface area (Å²) < 4.78 is 12.3. The van der Waals surface area contributed by atoms with Gasteiger partial charge in [0.1, 0.15) is 0 Å². The Bertz CT molecular complexity index is 852. The van der Waals surface area contributed by atoms with Crippen LogP contribution in [0.2, 0.25) is 0 Å². The van der Waals surface area contributed by atoms with E-state index in [1.807, 2.05) is 48.9 Å². The number of nitrogens with one attached hydrogen (secondary N) is 1. The maximum absolute atomic E-state index is 11.9. The number of aryl methyl sites for hydroxylation is 1. The van der Waals surface area contributed by atoms with Gasteiger partial charge in [0.2, 0.25) is 0 Å². The number of esters is 1. The van der Waals surface area contributed by atoms with E-state index >= 15 is 0 Å². The van der Waals surface area contributed by atoms with E-state index in [-0.39, 0.29) is 18.6 Å². The predicted octanol–water partition coefficient (Wildman–Crippen LogP) is 2.34. The van der Waals surface area contributed by atoms with Crippen LogP contribution in [0.15, 0.2) is 36.4 Å². The van der Waals surface area contributed by atoms with E-state index in [0.29, 0.717) is 6.54 Å². The monoisotopic (exact) mass is 383 g/mol. The molecule has 0 radical (unpaired) electrons. The number of hydrogen-bond acceptors (Lipinski definition) is 5. The van der Waals surface area contributed by atoms with E-state index < -0.39 is 5.97 Å². The summed E-state index contributed by atoms with van der Waals surface area (Å²) in [6.07, 6.45) is 5.01. The summed E-state index contributed by atoms with van der Waals surface area (Å²) in [4.78, 5) is 23.7. The van der Waals surface area contributed by atoms with Crippen LogP contribution in [0.3, 0.4) is 0 Å². The number of ether oxygens (including phenoxy) is 2. The topological polar surface area (TPSA) is 82.5 Å². The van der Waals surface area contributed by atoms with Crippen LogP contribution in [-0.2, 0) is 19.1 Å². The number of aromatic nitrogens is 2. The van der Waals surface area contributed by atoms with Crippen molar-refractivity contribution in [2.24, 2.45) is 0 Å². The smallest absolute Gasteiger partial charge is 0.331 e. The highest BCUT2D eigenvalue weighted by molar-refractivity contribution is 5.89. The lowest BCUT2D eigenvalue weighted by Crippen LogP contribution is -2.34. The van der Waals surface area contributed by atoms with E-state index in [1.54, 1.807) is 6.08 Å². The number of benzene rings is 1. The average molecular weight is 383 g/mol. The molecule has 1 saturated heterocycles. The molecule has 3 rings (SSSR count). The van der Waals surface area contributed by atoms with Crippen LogP contribution in [0, 0.1) is 13.8 Å². The Morgan fingerprint density at radius 1 is 1.32 bits per heavy atom. The Morgan fingerprint density at radius 2 is 2.11 bits per heavy atom. The number of para-hydroxylation sites is 1. The number of amides is 1. The maximum atomic E-state index is 11.9. The molecule has 148 valence electrons. The zero-order chi connectivity index (χ0) is 19.9. The van der Waals surface area contributed by atoms with Crippen LogP contribution in [0.25, 0.3) is 11.8 Å². The molecule has 0 aliphatic carbocycles. The first kappa shape index (κ1) is 19.8. The van der Waals surface area contributed by atoms with Gasteiger partial charge in [0.25, 0.3) is 5.91 Å². The van der Waals surface area contributed by atoms with Crippen molar-refractivity contribution in [1.82, 2.24) is 15.1 Å². The van der Waals surface area contributed by atoms with E-state index in [2.05, 4.69) is 10.4 Å². The van der Waals surface area contributed by atoms with Gasteiger partial charge in [0.15, 0.2) is 6.61 Å². The van der Waals surface area contributed by atoms with Crippen LogP contribution in [0.1, 0.15) is 29.8 Å². The minimum atomic E-state index is -0.571. The highest BCUT2D eigenvalue weighted by Gasteiger charge is 2.16. The minimum Gasteiger partial charge on any atom is -0.452 e. The molecule has 1 aliphatic rings. The van der Waals surface area contributed by atoms with Gasteiger partial charge < -0.3 is 14.8 Å². The fraction of sp³-hybridized carbons (Fsp3) is 0.381. The normalized spacial score (nSPS) is 16.4. The Hall–Kier alpha value is -2.93. The maximum Gasteiger partial charge on any atom is 0.331 e. The molecule has 28 heavy (non-hydrogen) atoms. The zero-order valence-electron chi connectivity index (χ0n) is 16.2. The summed E-state index contributed by atoms with van der Waals surface area (Å²) in [6, 6.07) is 9.78. The van der Waals surface area contributed by atoms with Crippen LogP contribution in [0.5, 0.6) is 0 Å². The lowest BCUT2D eigenvalue weighted by Gasteiger charge is -2.10. The second kappa shape index (κ2) is 9.32. The summed E-state index contributed by atoms with van der Waals surface area (Å²) in [5, 5.41) is 7.25. The van der Waals surface area contributed by atoms with Crippen molar-refractivity contribution in [3.63, 3.8) is 0 Å². The first-order valence-electron chi connectivity index (χ1n) is 9.39. The first-order valence-corrected chi connectivity index (χ1v) is 9.39. The highest BCUT2D eigenvalue weighted by atomic mass is 16.5. The van der Waals surface area contributed by atoms with E-state index in [4.69, 9.17) is 9.47 Å². The molecule has 1 amide bonds. The van der Waals surface area contributed by atoms with Crippen molar-refractivity contribution in [1.29, 1.82) is 0 Å². The predicted molar refractivity (Wildman–Crippen MR) is 105 cm³/mol. The van der Waals surface area contributed by atoms with Crippen molar-refractivity contribution in [3.05, 3.63) is 53.4 Å². The molecule has 1 aromatic carbocycles. The second-order valence-corrected chi connectivity index (χ2v) is 6.71. The molecular formula is C21H25N3O4. The fourth-order valence-electron chi connectivity index (χ4n) is 3.14. The molecule has 1 aromatic heterocycles. The molecule has 2 heterocycles.